The Balaban J connectivity index is 1.77. The fourth-order valence-corrected chi connectivity index (χ4v) is 1.76. The van der Waals surface area contributed by atoms with Crippen LogP contribution in [-0.4, -0.2) is 15.9 Å². The maximum absolute atomic E-state index is 12.0. The zero-order chi connectivity index (χ0) is 13.1. The van der Waals surface area contributed by atoms with Crippen molar-refractivity contribution < 1.29 is 9.21 Å². The van der Waals surface area contributed by atoms with Crippen molar-refractivity contribution in [3.63, 3.8) is 0 Å². The van der Waals surface area contributed by atoms with Crippen LogP contribution in [0.15, 0.2) is 53.4 Å². The molecule has 1 amide bonds. The van der Waals surface area contributed by atoms with Gasteiger partial charge in [-0.2, -0.15) is 0 Å². The molecule has 0 aliphatic heterocycles. The molecule has 3 aromatic rings. The van der Waals surface area contributed by atoms with Crippen LogP contribution < -0.4 is 5.32 Å². The lowest BCUT2D eigenvalue weighted by atomic mass is 10.2. The zero-order valence-corrected chi connectivity index (χ0v) is 10.0. The molecule has 0 bridgehead atoms. The first kappa shape index (κ1) is 11.4. The van der Waals surface area contributed by atoms with E-state index in [1.54, 1.807) is 42.9 Å². The second-order valence-electron chi connectivity index (χ2n) is 4.03. The lowest BCUT2D eigenvalue weighted by Crippen LogP contribution is -2.23. The second kappa shape index (κ2) is 4.89. The SMILES string of the molecule is O=C(NCc1ccco1)c1ccc2cnccc2n1. The van der Waals surface area contributed by atoms with E-state index < -0.39 is 0 Å². The summed E-state index contributed by atoms with van der Waals surface area (Å²) in [6, 6.07) is 8.87. The van der Waals surface area contributed by atoms with E-state index in [0.29, 0.717) is 18.0 Å². The van der Waals surface area contributed by atoms with Gasteiger partial charge in [0.1, 0.15) is 11.5 Å². The van der Waals surface area contributed by atoms with E-state index in [-0.39, 0.29) is 5.91 Å². The smallest absolute Gasteiger partial charge is 0.270 e. The molecule has 0 unspecified atom stereocenters. The lowest BCUT2D eigenvalue weighted by molar-refractivity contribution is 0.0943. The summed E-state index contributed by atoms with van der Waals surface area (Å²) in [7, 11) is 0. The Bertz CT molecular complexity index is 708. The van der Waals surface area contributed by atoms with E-state index in [4.69, 9.17) is 4.42 Å². The van der Waals surface area contributed by atoms with Crippen molar-refractivity contribution in [2.24, 2.45) is 0 Å². The molecule has 0 spiro atoms. The summed E-state index contributed by atoms with van der Waals surface area (Å²) >= 11 is 0. The van der Waals surface area contributed by atoms with Gasteiger partial charge in [0, 0.05) is 17.8 Å². The Morgan fingerprint density at radius 1 is 1.26 bits per heavy atom. The first-order chi connectivity index (χ1) is 9.33. The van der Waals surface area contributed by atoms with Crippen LogP contribution in [0.25, 0.3) is 10.9 Å². The van der Waals surface area contributed by atoms with Crippen LogP contribution in [0.5, 0.6) is 0 Å². The number of pyridine rings is 2. The van der Waals surface area contributed by atoms with Gasteiger partial charge in [-0.1, -0.05) is 0 Å². The lowest BCUT2D eigenvalue weighted by Gasteiger charge is -2.03. The topological polar surface area (TPSA) is 68.0 Å². The third kappa shape index (κ3) is 2.44. The van der Waals surface area contributed by atoms with Gasteiger partial charge in [-0.15, -0.1) is 0 Å². The number of nitrogens with zero attached hydrogens (tertiary/aromatic N) is 2. The van der Waals surface area contributed by atoms with Crippen LogP contribution in [-0.2, 0) is 6.54 Å². The van der Waals surface area contributed by atoms with Crippen molar-refractivity contribution in [3.8, 4) is 0 Å². The van der Waals surface area contributed by atoms with Gasteiger partial charge in [-0.25, -0.2) is 4.98 Å². The van der Waals surface area contributed by atoms with Crippen LogP contribution in [0.4, 0.5) is 0 Å². The number of amides is 1. The molecule has 0 saturated carbocycles. The minimum Gasteiger partial charge on any atom is -0.467 e. The quantitative estimate of drug-likeness (QED) is 0.776. The Labute approximate surface area is 109 Å². The summed E-state index contributed by atoms with van der Waals surface area (Å²) in [5.41, 5.74) is 1.13. The highest BCUT2D eigenvalue weighted by Crippen LogP contribution is 2.10. The molecule has 0 saturated heterocycles. The van der Waals surface area contributed by atoms with Crippen LogP contribution in [0.3, 0.4) is 0 Å². The van der Waals surface area contributed by atoms with E-state index in [2.05, 4.69) is 15.3 Å². The Morgan fingerprint density at radius 2 is 2.21 bits per heavy atom. The number of hydrogen-bond acceptors (Lipinski definition) is 4. The number of carbonyl (C=O) groups is 1. The number of aromatic nitrogens is 2. The average molecular weight is 253 g/mol. The second-order valence-corrected chi connectivity index (χ2v) is 4.03. The molecule has 0 aromatic carbocycles. The summed E-state index contributed by atoms with van der Waals surface area (Å²) in [5.74, 6) is 0.480. The molecule has 0 radical (unpaired) electrons. The predicted molar refractivity (Wildman–Crippen MR) is 69.4 cm³/mol. The zero-order valence-electron chi connectivity index (χ0n) is 10.0. The van der Waals surface area contributed by atoms with E-state index >= 15 is 0 Å². The fraction of sp³-hybridized carbons (Fsp3) is 0.0714. The Hall–Kier alpha value is -2.69. The highest BCUT2D eigenvalue weighted by molar-refractivity contribution is 5.94. The van der Waals surface area contributed by atoms with E-state index in [9.17, 15) is 4.79 Å². The van der Waals surface area contributed by atoms with Gasteiger partial charge in [-0.3, -0.25) is 9.78 Å². The fourth-order valence-electron chi connectivity index (χ4n) is 1.76. The minimum absolute atomic E-state index is 0.227. The van der Waals surface area contributed by atoms with Crippen molar-refractivity contribution in [2.75, 3.05) is 0 Å². The maximum atomic E-state index is 12.0. The number of hydrogen-bond donors (Lipinski definition) is 1. The third-order valence-electron chi connectivity index (χ3n) is 2.73. The summed E-state index contributed by atoms with van der Waals surface area (Å²) in [6.07, 6.45) is 4.94. The highest BCUT2D eigenvalue weighted by atomic mass is 16.3. The van der Waals surface area contributed by atoms with Gasteiger partial charge in [0.05, 0.1) is 18.3 Å². The van der Waals surface area contributed by atoms with Crippen molar-refractivity contribution in [3.05, 3.63) is 60.4 Å². The molecule has 0 aliphatic rings. The first-order valence-electron chi connectivity index (χ1n) is 5.84. The standard InChI is InChI=1S/C14H11N3O2/c18-14(16-9-11-2-1-7-19-11)13-4-3-10-8-15-6-5-12(10)17-13/h1-8H,9H2,(H,16,18). The number of rotatable bonds is 3. The monoisotopic (exact) mass is 253 g/mol. The van der Waals surface area contributed by atoms with Crippen LogP contribution in [0.1, 0.15) is 16.2 Å². The molecule has 94 valence electrons. The van der Waals surface area contributed by atoms with Crippen molar-refractivity contribution >= 4 is 16.8 Å². The largest absolute Gasteiger partial charge is 0.467 e. The molecule has 3 heterocycles. The highest BCUT2D eigenvalue weighted by Gasteiger charge is 2.08. The molecule has 0 fully saturated rings. The van der Waals surface area contributed by atoms with Crippen molar-refractivity contribution in [1.82, 2.24) is 15.3 Å². The molecule has 0 aliphatic carbocycles. The molecule has 19 heavy (non-hydrogen) atoms. The number of furan rings is 1. The van der Waals surface area contributed by atoms with Gasteiger partial charge >= 0.3 is 0 Å². The molecule has 3 rings (SSSR count). The van der Waals surface area contributed by atoms with Crippen LogP contribution >= 0.6 is 0 Å². The van der Waals surface area contributed by atoms with Gasteiger partial charge in [-0.05, 0) is 30.3 Å². The maximum Gasteiger partial charge on any atom is 0.270 e. The number of nitrogens with one attached hydrogen (secondary N) is 1. The number of carbonyl (C=O) groups excluding carboxylic acids is 1. The van der Waals surface area contributed by atoms with Crippen molar-refractivity contribution in [2.45, 2.75) is 6.54 Å². The predicted octanol–water partition coefficient (Wildman–Crippen LogP) is 2.15. The van der Waals surface area contributed by atoms with E-state index in [1.807, 2.05) is 6.07 Å². The minimum atomic E-state index is -0.227. The summed E-state index contributed by atoms with van der Waals surface area (Å²) in [6.45, 7) is 0.349. The Morgan fingerprint density at radius 3 is 3.05 bits per heavy atom. The normalized spacial score (nSPS) is 10.5. The summed E-state index contributed by atoms with van der Waals surface area (Å²) in [5, 5.41) is 3.66. The molecule has 3 aromatic heterocycles. The van der Waals surface area contributed by atoms with Crippen LogP contribution in [0.2, 0.25) is 0 Å². The van der Waals surface area contributed by atoms with Gasteiger partial charge in [0.15, 0.2) is 0 Å². The van der Waals surface area contributed by atoms with Gasteiger partial charge in [0.25, 0.3) is 5.91 Å². The Kier molecular flexibility index (Phi) is 2.94. The molecule has 5 nitrogen and oxygen atoms in total. The summed E-state index contributed by atoms with van der Waals surface area (Å²) < 4.78 is 5.15. The molecular formula is C14H11N3O2. The molecule has 0 atom stereocenters. The third-order valence-corrected chi connectivity index (χ3v) is 2.73. The molecule has 1 N–H and O–H groups in total. The van der Waals surface area contributed by atoms with E-state index in [1.165, 1.54) is 0 Å². The van der Waals surface area contributed by atoms with Gasteiger partial charge < -0.3 is 9.73 Å². The first-order valence-corrected chi connectivity index (χ1v) is 5.84. The van der Waals surface area contributed by atoms with Gasteiger partial charge in [0.2, 0.25) is 0 Å². The average Bonchev–Trinajstić information content (AvgIpc) is 2.97. The molecule has 5 heteroatoms. The van der Waals surface area contributed by atoms with E-state index in [0.717, 1.165) is 10.9 Å². The summed E-state index contributed by atoms with van der Waals surface area (Å²) in [4.78, 5) is 20.2. The van der Waals surface area contributed by atoms with Crippen LogP contribution in [0, 0.1) is 0 Å². The van der Waals surface area contributed by atoms with Crippen molar-refractivity contribution in [1.29, 1.82) is 0 Å². The molecular weight excluding hydrogens is 242 g/mol. The number of fused-ring (bicyclic) bond motifs is 1.